The third-order valence-corrected chi connectivity index (χ3v) is 11.2. The maximum atomic E-state index is 16.5. The summed E-state index contributed by atoms with van der Waals surface area (Å²) in [5, 5.41) is 3.13. The van der Waals surface area contributed by atoms with Crippen LogP contribution in [-0.4, -0.2) is 68.7 Å². The fraction of sp³-hybridized carbons (Fsp3) is 0.390. The van der Waals surface area contributed by atoms with E-state index >= 15 is 4.39 Å². The molecule has 2 aromatic carbocycles. The Morgan fingerprint density at radius 2 is 1.68 bits per heavy atom. The number of nitrogens with zero attached hydrogens (tertiary/aromatic N) is 6. The topological polar surface area (TPSA) is 132 Å². The number of piperidine rings is 1. The highest BCUT2D eigenvalue weighted by Gasteiger charge is 2.44. The number of carbonyl (C=O) groups is 2. The van der Waals surface area contributed by atoms with E-state index in [1.54, 1.807) is 18.3 Å². The van der Waals surface area contributed by atoms with Gasteiger partial charge in [0.1, 0.15) is 16.9 Å². The van der Waals surface area contributed by atoms with Gasteiger partial charge in [0.25, 0.3) is 0 Å². The van der Waals surface area contributed by atoms with Crippen molar-refractivity contribution in [1.82, 2.24) is 29.7 Å². The molecular formula is C41H45FN8O3. The number of imidazole rings is 1. The van der Waals surface area contributed by atoms with Crippen molar-refractivity contribution in [2.45, 2.75) is 70.4 Å². The Kier molecular flexibility index (Phi) is 8.38. The first-order chi connectivity index (χ1) is 25.3. The van der Waals surface area contributed by atoms with Gasteiger partial charge in [0, 0.05) is 56.0 Å². The van der Waals surface area contributed by atoms with Crippen LogP contribution in [0, 0.1) is 11.2 Å². The number of benzene rings is 2. The number of rotatable bonds is 6. The van der Waals surface area contributed by atoms with Gasteiger partial charge in [-0.25, -0.2) is 24.1 Å². The average Bonchev–Trinajstić information content (AvgIpc) is 3.61. The lowest BCUT2D eigenvalue weighted by Gasteiger charge is -2.43. The summed E-state index contributed by atoms with van der Waals surface area (Å²) in [5.74, 6) is 0.743. The third kappa shape index (κ3) is 6.34. The second-order valence-electron chi connectivity index (χ2n) is 15.9. The lowest BCUT2D eigenvalue weighted by atomic mass is 9.72. The van der Waals surface area contributed by atoms with Crippen LogP contribution >= 0.6 is 0 Å². The number of hydrogen-bond acceptors (Lipinski definition) is 8. The van der Waals surface area contributed by atoms with Gasteiger partial charge in [0.05, 0.1) is 22.5 Å². The molecule has 1 spiro atoms. The lowest BCUT2D eigenvalue weighted by Crippen LogP contribution is -2.52. The van der Waals surface area contributed by atoms with Crippen molar-refractivity contribution >= 4 is 34.7 Å². The van der Waals surface area contributed by atoms with E-state index in [2.05, 4.69) is 15.2 Å². The molecule has 2 aliphatic heterocycles. The average molecular weight is 717 g/mol. The number of carbonyl (C=O) groups excluding carboxylic acids is 2. The van der Waals surface area contributed by atoms with E-state index in [9.17, 15) is 9.59 Å². The molecule has 53 heavy (non-hydrogen) atoms. The molecule has 5 heterocycles. The summed E-state index contributed by atoms with van der Waals surface area (Å²) in [5.41, 5.74) is 10.2. The molecule has 12 heteroatoms. The number of aromatic nitrogens is 4. The Labute approximate surface area is 308 Å². The van der Waals surface area contributed by atoms with Gasteiger partial charge in [-0.2, -0.15) is 0 Å². The number of likely N-dealkylation sites (tertiary alicyclic amines) is 1. The second-order valence-corrected chi connectivity index (χ2v) is 15.9. The molecule has 0 unspecified atom stereocenters. The minimum Gasteiger partial charge on any atom is -0.444 e. The molecule has 274 valence electrons. The van der Waals surface area contributed by atoms with E-state index in [-0.39, 0.29) is 17.1 Å². The van der Waals surface area contributed by atoms with Crippen LogP contribution in [-0.2, 0) is 15.1 Å². The van der Waals surface area contributed by atoms with Crippen LogP contribution in [0.1, 0.15) is 64.9 Å². The molecule has 0 bridgehead atoms. The summed E-state index contributed by atoms with van der Waals surface area (Å²) in [6.45, 7) is 7.68. The number of pyridine rings is 2. The molecule has 5 aromatic rings. The first-order valence-corrected chi connectivity index (χ1v) is 18.3. The van der Waals surface area contributed by atoms with Crippen LogP contribution in [0.5, 0.6) is 0 Å². The van der Waals surface area contributed by atoms with Crippen LogP contribution < -0.4 is 16.0 Å². The summed E-state index contributed by atoms with van der Waals surface area (Å²) < 4.78 is 24.0. The Balaban J connectivity index is 1.15. The molecule has 11 nitrogen and oxygen atoms in total. The quantitative estimate of drug-likeness (QED) is 0.188. The van der Waals surface area contributed by atoms with Gasteiger partial charge in [0.15, 0.2) is 17.3 Å². The zero-order chi connectivity index (χ0) is 37.1. The summed E-state index contributed by atoms with van der Waals surface area (Å²) in [6, 6.07) is 20.8. The van der Waals surface area contributed by atoms with Crippen LogP contribution in [0.25, 0.3) is 39.5 Å². The minimum absolute atomic E-state index is 0.0257. The lowest BCUT2D eigenvalue weighted by molar-refractivity contribution is -0.126. The van der Waals surface area contributed by atoms with Gasteiger partial charge in [-0.1, -0.05) is 18.2 Å². The largest absolute Gasteiger partial charge is 0.444 e. The fourth-order valence-corrected chi connectivity index (χ4v) is 8.21. The number of fused-ring (bicyclic) bond motifs is 1. The molecule has 3 fully saturated rings. The standard InChI is InChI=1S/C41H45FN8O3/c1-39(2,3)53-38(52)47-41(17-7-18-41)26-11-13-27(14-12-26)50-36(29-9-6-21-44-35(29)43)46-31-16-15-30(45-37(31)50)28-8-5-10-32(34(28)42)49-22-19-40(20-23-49)24-33(51)48(4)25-40/h5-6,8-16,21H,7,17-20,22-25H2,1-4H3,(H2,43,44)(H,47,52). The normalized spacial score (nSPS) is 18.0. The molecule has 3 aromatic heterocycles. The molecule has 2 amide bonds. The number of nitrogens with one attached hydrogen (secondary N) is 1. The summed E-state index contributed by atoms with van der Waals surface area (Å²) in [4.78, 5) is 43.4. The Bertz CT molecular complexity index is 2210. The smallest absolute Gasteiger partial charge is 0.408 e. The zero-order valence-corrected chi connectivity index (χ0v) is 30.7. The van der Waals surface area contributed by atoms with Gasteiger partial charge in [-0.05, 0) is 107 Å². The van der Waals surface area contributed by atoms with Crippen LogP contribution in [0.3, 0.4) is 0 Å². The van der Waals surface area contributed by atoms with E-state index in [1.807, 2.05) is 91.9 Å². The summed E-state index contributed by atoms with van der Waals surface area (Å²) in [6.07, 6.45) is 6.06. The predicted molar refractivity (Wildman–Crippen MR) is 203 cm³/mol. The van der Waals surface area contributed by atoms with Crippen molar-refractivity contribution < 1.29 is 18.7 Å². The molecule has 0 atom stereocenters. The number of ether oxygens (including phenoxy) is 1. The monoisotopic (exact) mass is 716 g/mol. The fourth-order valence-electron chi connectivity index (χ4n) is 8.21. The number of alkyl carbamates (subject to hydrolysis) is 1. The van der Waals surface area contributed by atoms with Gasteiger partial charge in [-0.3, -0.25) is 9.36 Å². The van der Waals surface area contributed by atoms with Crippen molar-refractivity contribution in [3.63, 3.8) is 0 Å². The van der Waals surface area contributed by atoms with Crippen molar-refractivity contribution in [3.05, 3.63) is 84.3 Å². The third-order valence-electron chi connectivity index (χ3n) is 11.2. The van der Waals surface area contributed by atoms with Crippen molar-refractivity contribution in [3.8, 4) is 28.3 Å². The molecule has 1 saturated carbocycles. The zero-order valence-electron chi connectivity index (χ0n) is 30.7. The highest BCUT2D eigenvalue weighted by molar-refractivity contribution is 5.85. The Hall–Kier alpha value is -5.52. The van der Waals surface area contributed by atoms with Crippen LogP contribution in [0.15, 0.2) is 72.9 Å². The first-order valence-electron chi connectivity index (χ1n) is 18.3. The second kappa shape index (κ2) is 12.9. The molecule has 1 aliphatic carbocycles. The van der Waals surface area contributed by atoms with Crippen molar-refractivity contribution in [1.29, 1.82) is 0 Å². The van der Waals surface area contributed by atoms with E-state index in [4.69, 9.17) is 20.4 Å². The van der Waals surface area contributed by atoms with Crippen LogP contribution in [0.4, 0.5) is 20.7 Å². The molecule has 3 N–H and O–H groups in total. The molecule has 0 radical (unpaired) electrons. The number of nitrogen functional groups attached to an aromatic ring is 1. The van der Waals surface area contributed by atoms with E-state index in [0.717, 1.165) is 49.9 Å². The Morgan fingerprint density at radius 1 is 0.943 bits per heavy atom. The summed E-state index contributed by atoms with van der Waals surface area (Å²) >= 11 is 0. The Morgan fingerprint density at radius 3 is 2.32 bits per heavy atom. The molecule has 3 aliphatic rings. The minimum atomic E-state index is -0.603. The number of halogens is 1. The van der Waals surface area contributed by atoms with Gasteiger partial charge < -0.3 is 25.6 Å². The number of nitrogens with two attached hydrogens (primary N) is 1. The van der Waals surface area contributed by atoms with Gasteiger partial charge >= 0.3 is 6.09 Å². The number of hydrogen-bond donors (Lipinski definition) is 2. The molecule has 2 saturated heterocycles. The summed E-state index contributed by atoms with van der Waals surface area (Å²) in [7, 11) is 1.86. The highest BCUT2D eigenvalue weighted by atomic mass is 19.1. The maximum absolute atomic E-state index is 16.5. The number of amides is 2. The maximum Gasteiger partial charge on any atom is 0.408 e. The highest BCUT2D eigenvalue weighted by Crippen LogP contribution is 2.44. The van der Waals surface area contributed by atoms with E-state index in [1.165, 1.54) is 0 Å². The molecular weight excluding hydrogens is 672 g/mol. The van der Waals surface area contributed by atoms with Crippen molar-refractivity contribution in [2.24, 2.45) is 5.41 Å². The molecule has 8 rings (SSSR count). The number of anilines is 2. The van der Waals surface area contributed by atoms with Gasteiger partial charge in [-0.15, -0.1) is 0 Å². The van der Waals surface area contributed by atoms with Gasteiger partial charge in [0.2, 0.25) is 5.91 Å². The van der Waals surface area contributed by atoms with Crippen molar-refractivity contribution in [2.75, 3.05) is 37.3 Å². The van der Waals surface area contributed by atoms with E-state index < -0.39 is 17.2 Å². The van der Waals surface area contributed by atoms with Crippen LogP contribution in [0.2, 0.25) is 0 Å². The SMILES string of the molecule is CN1CC2(CCN(c3cccc(-c4ccc5nc(-c6cccnc6N)n(-c6ccc(C7(NC(=O)OC(C)(C)C)CCC7)cc6)c5n4)c3F)CC2)CC1=O. The first kappa shape index (κ1) is 34.6. The predicted octanol–water partition coefficient (Wildman–Crippen LogP) is 7.22. The van der Waals surface area contributed by atoms with E-state index in [0.29, 0.717) is 64.8 Å².